The fourth-order valence-corrected chi connectivity index (χ4v) is 2.13. The van der Waals surface area contributed by atoms with E-state index in [0.29, 0.717) is 12.0 Å². The molecular weight excluding hydrogens is 240 g/mol. The van der Waals surface area contributed by atoms with Crippen molar-refractivity contribution in [3.05, 3.63) is 32.6 Å². The van der Waals surface area contributed by atoms with E-state index in [0.717, 1.165) is 0 Å². The zero-order valence-electron chi connectivity index (χ0n) is 10.0. The molecule has 1 aromatic heterocycles. The minimum atomic E-state index is -1.01. The summed E-state index contributed by atoms with van der Waals surface area (Å²) < 4.78 is 6.76. The Balaban J connectivity index is 2.33. The maximum Gasteiger partial charge on any atom is 0.328 e. The second-order valence-electron chi connectivity index (χ2n) is 4.65. The molecular formula is C11H16N2O5. The second kappa shape index (κ2) is 4.68. The molecule has 0 aliphatic carbocycles. The fraction of sp³-hybridized carbons (Fsp3) is 0.636. The number of aromatic amines is 1. The van der Waals surface area contributed by atoms with Crippen LogP contribution in [0.3, 0.4) is 0 Å². The van der Waals surface area contributed by atoms with Gasteiger partial charge in [-0.3, -0.25) is 14.3 Å². The maximum absolute atomic E-state index is 11.7. The van der Waals surface area contributed by atoms with Crippen LogP contribution in [0.1, 0.15) is 18.0 Å². The molecule has 18 heavy (non-hydrogen) atoms. The molecule has 1 aliphatic rings. The van der Waals surface area contributed by atoms with E-state index in [4.69, 9.17) is 4.74 Å². The van der Waals surface area contributed by atoms with Gasteiger partial charge in [0.05, 0.1) is 25.9 Å². The lowest BCUT2D eigenvalue weighted by Gasteiger charge is -2.22. The Morgan fingerprint density at radius 1 is 1.50 bits per heavy atom. The van der Waals surface area contributed by atoms with Crippen molar-refractivity contribution in [3.63, 3.8) is 0 Å². The normalized spacial score (nSPS) is 22.3. The first kappa shape index (κ1) is 13.0. The topological polar surface area (TPSA) is 105 Å². The monoisotopic (exact) mass is 256 g/mol. The summed E-state index contributed by atoms with van der Waals surface area (Å²) in [6.07, 6.45) is 1.80. The van der Waals surface area contributed by atoms with Crippen LogP contribution in [0.5, 0.6) is 0 Å². The Kier molecular flexibility index (Phi) is 3.38. The quantitative estimate of drug-likeness (QED) is 0.612. The van der Waals surface area contributed by atoms with Gasteiger partial charge in [-0.05, 0) is 6.92 Å². The summed E-state index contributed by atoms with van der Waals surface area (Å²) in [6, 6.07) is -0.299. The van der Waals surface area contributed by atoms with Crippen molar-refractivity contribution in [2.45, 2.75) is 25.0 Å². The molecule has 1 aromatic rings. The first-order chi connectivity index (χ1) is 8.51. The molecule has 1 atom stereocenters. The first-order valence-corrected chi connectivity index (χ1v) is 5.69. The Labute approximate surface area is 103 Å². The second-order valence-corrected chi connectivity index (χ2v) is 4.65. The molecule has 0 radical (unpaired) electrons. The zero-order chi connectivity index (χ0) is 13.3. The molecule has 1 fully saturated rings. The molecule has 0 bridgehead atoms. The van der Waals surface area contributed by atoms with Gasteiger partial charge < -0.3 is 14.9 Å². The molecule has 7 nitrogen and oxygen atoms in total. The van der Waals surface area contributed by atoms with Crippen molar-refractivity contribution in [3.8, 4) is 0 Å². The summed E-state index contributed by atoms with van der Waals surface area (Å²) in [5.41, 5.74) is -1.49. The number of H-pyrrole nitrogens is 1. The van der Waals surface area contributed by atoms with Gasteiger partial charge in [0, 0.05) is 18.2 Å². The van der Waals surface area contributed by atoms with E-state index < -0.39 is 16.9 Å². The van der Waals surface area contributed by atoms with Crippen LogP contribution in [0.15, 0.2) is 15.8 Å². The summed E-state index contributed by atoms with van der Waals surface area (Å²) in [7, 11) is 0. The van der Waals surface area contributed by atoms with Gasteiger partial charge in [-0.1, -0.05) is 0 Å². The number of nitrogens with one attached hydrogen (secondary N) is 1. The van der Waals surface area contributed by atoms with Crippen LogP contribution in [0.2, 0.25) is 0 Å². The molecule has 1 aliphatic heterocycles. The third kappa shape index (κ3) is 2.12. The largest absolute Gasteiger partial charge is 0.393 e. The number of hydrogen-bond acceptors (Lipinski definition) is 5. The number of hydrogen-bond donors (Lipinski definition) is 3. The smallest absolute Gasteiger partial charge is 0.328 e. The number of aliphatic hydroxyl groups excluding tert-OH is 2. The molecule has 0 aromatic carbocycles. The van der Waals surface area contributed by atoms with Crippen molar-refractivity contribution in [2.75, 3.05) is 19.8 Å². The highest BCUT2D eigenvalue weighted by molar-refractivity contribution is 5.03. The van der Waals surface area contributed by atoms with Crippen molar-refractivity contribution < 1.29 is 14.9 Å². The molecule has 3 N–H and O–H groups in total. The van der Waals surface area contributed by atoms with E-state index in [1.165, 1.54) is 10.8 Å². The number of aryl methyl sites for hydroxylation is 1. The molecule has 2 rings (SSSR count). The van der Waals surface area contributed by atoms with Gasteiger partial charge in [0.2, 0.25) is 0 Å². The van der Waals surface area contributed by atoms with Gasteiger partial charge in [-0.25, -0.2) is 4.79 Å². The SMILES string of the molecule is Cc1cn([C@H]2COC(CO)(CO)C2)c(=O)[nH]c1=O. The van der Waals surface area contributed by atoms with Crippen LogP contribution in [0.25, 0.3) is 0 Å². The standard InChI is InChI=1S/C11H16N2O5/c1-7-3-13(10(17)12-9(7)16)8-2-11(5-14,6-15)18-4-8/h3,8,14-15H,2,4-6H2,1H3,(H,12,16,17)/t8-/m1/s1. The van der Waals surface area contributed by atoms with Gasteiger partial charge in [-0.2, -0.15) is 0 Å². The van der Waals surface area contributed by atoms with Crippen LogP contribution in [0, 0.1) is 6.92 Å². The Morgan fingerprint density at radius 2 is 2.17 bits per heavy atom. The predicted octanol–water partition coefficient (Wildman–Crippen LogP) is -1.47. The molecule has 2 heterocycles. The molecule has 100 valence electrons. The van der Waals surface area contributed by atoms with Crippen molar-refractivity contribution in [1.29, 1.82) is 0 Å². The lowest BCUT2D eigenvalue weighted by Crippen LogP contribution is -2.38. The number of aromatic nitrogens is 2. The van der Waals surface area contributed by atoms with Gasteiger partial charge in [0.15, 0.2) is 0 Å². The van der Waals surface area contributed by atoms with E-state index in [2.05, 4.69) is 4.98 Å². The molecule has 0 spiro atoms. The molecule has 0 saturated carbocycles. The lowest BCUT2D eigenvalue weighted by atomic mass is 10.00. The Hall–Kier alpha value is -1.44. The average Bonchev–Trinajstić information content (AvgIpc) is 2.79. The van der Waals surface area contributed by atoms with Gasteiger partial charge in [-0.15, -0.1) is 0 Å². The van der Waals surface area contributed by atoms with Crippen molar-refractivity contribution >= 4 is 0 Å². The minimum Gasteiger partial charge on any atom is -0.393 e. The molecule has 0 amide bonds. The summed E-state index contributed by atoms with van der Waals surface area (Å²) in [6.45, 7) is 1.20. The number of nitrogens with zero attached hydrogens (tertiary/aromatic N) is 1. The van der Waals surface area contributed by atoms with Crippen LogP contribution in [-0.4, -0.2) is 45.2 Å². The van der Waals surface area contributed by atoms with Gasteiger partial charge in [0.1, 0.15) is 5.60 Å². The summed E-state index contributed by atoms with van der Waals surface area (Å²) in [5, 5.41) is 18.4. The van der Waals surface area contributed by atoms with E-state index in [-0.39, 0.29) is 25.9 Å². The Morgan fingerprint density at radius 3 is 2.72 bits per heavy atom. The zero-order valence-corrected chi connectivity index (χ0v) is 10.0. The third-order valence-electron chi connectivity index (χ3n) is 3.31. The molecule has 0 unspecified atom stereocenters. The van der Waals surface area contributed by atoms with Crippen LogP contribution in [-0.2, 0) is 4.74 Å². The van der Waals surface area contributed by atoms with E-state index in [1.54, 1.807) is 6.92 Å². The Bertz CT molecular complexity index is 543. The van der Waals surface area contributed by atoms with Crippen LogP contribution < -0.4 is 11.2 Å². The van der Waals surface area contributed by atoms with Crippen LogP contribution in [0.4, 0.5) is 0 Å². The van der Waals surface area contributed by atoms with Crippen LogP contribution >= 0.6 is 0 Å². The highest BCUT2D eigenvalue weighted by Gasteiger charge is 2.40. The average molecular weight is 256 g/mol. The minimum absolute atomic E-state index is 0.215. The van der Waals surface area contributed by atoms with E-state index >= 15 is 0 Å². The summed E-state index contributed by atoms with van der Waals surface area (Å²) in [4.78, 5) is 25.2. The first-order valence-electron chi connectivity index (χ1n) is 5.69. The molecule has 1 saturated heterocycles. The van der Waals surface area contributed by atoms with E-state index in [1.807, 2.05) is 0 Å². The highest BCUT2D eigenvalue weighted by atomic mass is 16.5. The van der Waals surface area contributed by atoms with Gasteiger partial charge >= 0.3 is 5.69 Å². The summed E-state index contributed by atoms with van der Waals surface area (Å²) in [5.74, 6) is 0. The lowest BCUT2D eigenvalue weighted by molar-refractivity contribution is -0.0719. The fourth-order valence-electron chi connectivity index (χ4n) is 2.13. The van der Waals surface area contributed by atoms with E-state index in [9.17, 15) is 19.8 Å². The highest BCUT2D eigenvalue weighted by Crippen LogP contribution is 2.31. The predicted molar refractivity (Wildman–Crippen MR) is 62.6 cm³/mol. The summed E-state index contributed by atoms with van der Waals surface area (Å²) >= 11 is 0. The van der Waals surface area contributed by atoms with Crippen molar-refractivity contribution in [2.24, 2.45) is 0 Å². The van der Waals surface area contributed by atoms with Gasteiger partial charge in [0.25, 0.3) is 5.56 Å². The maximum atomic E-state index is 11.7. The van der Waals surface area contributed by atoms with Crippen molar-refractivity contribution in [1.82, 2.24) is 9.55 Å². The number of ether oxygens (including phenoxy) is 1. The molecule has 7 heteroatoms. The third-order valence-corrected chi connectivity index (χ3v) is 3.31. The number of aliphatic hydroxyl groups is 2. The number of rotatable bonds is 3.